The number of nitrogen functional groups attached to an aromatic ring is 1. The fourth-order valence-electron chi connectivity index (χ4n) is 0.781. The molecular weight excluding hydrogens is 188 g/mol. The molecule has 0 aromatic carbocycles. The molecule has 0 amide bonds. The van der Waals surface area contributed by atoms with Crippen molar-refractivity contribution in [2.45, 2.75) is 6.42 Å². The van der Waals surface area contributed by atoms with Gasteiger partial charge >= 0.3 is 0 Å². The number of aliphatic hydroxyl groups excluding tert-OH is 1. The van der Waals surface area contributed by atoms with Crippen molar-refractivity contribution in [1.29, 1.82) is 0 Å². The van der Waals surface area contributed by atoms with Crippen molar-refractivity contribution in [2.75, 3.05) is 12.3 Å². The van der Waals surface area contributed by atoms with E-state index >= 15 is 0 Å². The van der Waals surface area contributed by atoms with Crippen LogP contribution in [0, 0.1) is 11.8 Å². The fraction of sp³-hybridized carbons (Fsp3) is 0.222. The number of nitrogens with two attached hydrogens (primary N) is 1. The van der Waals surface area contributed by atoms with Gasteiger partial charge in [-0.25, -0.2) is 4.98 Å². The topological polar surface area (TPSA) is 59.1 Å². The highest BCUT2D eigenvalue weighted by Gasteiger charge is 2.00. The molecule has 0 radical (unpaired) electrons. The lowest BCUT2D eigenvalue weighted by atomic mass is 10.2. The first-order valence-corrected chi connectivity index (χ1v) is 4.13. The summed E-state index contributed by atoms with van der Waals surface area (Å²) in [6.07, 6.45) is 1.93. The molecule has 0 spiro atoms. The van der Waals surface area contributed by atoms with E-state index in [2.05, 4.69) is 16.8 Å². The van der Waals surface area contributed by atoms with E-state index in [9.17, 15) is 0 Å². The van der Waals surface area contributed by atoms with Gasteiger partial charge in [0.05, 0.1) is 17.9 Å². The van der Waals surface area contributed by atoms with Gasteiger partial charge < -0.3 is 10.8 Å². The first-order valence-electron chi connectivity index (χ1n) is 3.75. The van der Waals surface area contributed by atoms with Crippen molar-refractivity contribution in [1.82, 2.24) is 4.98 Å². The summed E-state index contributed by atoms with van der Waals surface area (Å²) in [4.78, 5) is 3.84. The summed E-state index contributed by atoms with van der Waals surface area (Å²) in [5, 5.41) is 8.80. The van der Waals surface area contributed by atoms with Crippen LogP contribution < -0.4 is 5.73 Å². The lowest BCUT2D eigenvalue weighted by molar-refractivity contribution is 0.305. The van der Waals surface area contributed by atoms with Crippen molar-refractivity contribution in [2.24, 2.45) is 0 Å². The Morgan fingerprint density at radius 3 is 3.00 bits per heavy atom. The molecule has 1 aromatic heterocycles. The van der Waals surface area contributed by atoms with E-state index < -0.39 is 0 Å². The lowest BCUT2D eigenvalue weighted by Crippen LogP contribution is -1.92. The predicted octanol–water partition coefficient (Wildman–Crippen LogP) is 1.05. The molecule has 68 valence electrons. The Balaban J connectivity index is 2.95. The van der Waals surface area contributed by atoms with Gasteiger partial charge in [0.2, 0.25) is 0 Å². The van der Waals surface area contributed by atoms with Crippen LogP contribution >= 0.6 is 11.6 Å². The monoisotopic (exact) mass is 196 g/mol. The molecule has 3 N–H and O–H groups in total. The first kappa shape index (κ1) is 9.85. The van der Waals surface area contributed by atoms with Crippen LogP contribution in [-0.4, -0.2) is 16.7 Å². The molecular formula is C9H9ClN2O. The zero-order chi connectivity index (χ0) is 9.68. The van der Waals surface area contributed by atoms with E-state index in [1.165, 1.54) is 6.20 Å². The molecule has 0 saturated heterocycles. The van der Waals surface area contributed by atoms with E-state index in [0.717, 1.165) is 0 Å². The summed E-state index contributed by atoms with van der Waals surface area (Å²) in [6, 6.07) is 1.63. The van der Waals surface area contributed by atoms with Crippen molar-refractivity contribution in [3.05, 3.63) is 23.0 Å². The van der Waals surface area contributed by atoms with Gasteiger partial charge in [0.1, 0.15) is 5.15 Å². The fourth-order valence-corrected chi connectivity index (χ4v) is 0.993. The van der Waals surface area contributed by atoms with Crippen LogP contribution in [0.3, 0.4) is 0 Å². The zero-order valence-corrected chi connectivity index (χ0v) is 7.67. The number of aromatic nitrogens is 1. The SMILES string of the molecule is Nc1ccnc(Cl)c1C#CCCO. The highest BCUT2D eigenvalue weighted by molar-refractivity contribution is 6.30. The molecule has 0 fully saturated rings. The minimum Gasteiger partial charge on any atom is -0.398 e. The van der Waals surface area contributed by atoms with E-state index in [1.54, 1.807) is 6.07 Å². The standard InChI is InChI=1S/C9H9ClN2O/c10-9-7(3-1-2-6-13)8(11)4-5-12-9/h4-5,13H,2,6H2,(H2,11,12). The third kappa shape index (κ3) is 2.62. The molecule has 3 nitrogen and oxygen atoms in total. The molecule has 1 heterocycles. The largest absolute Gasteiger partial charge is 0.398 e. The molecule has 0 atom stereocenters. The van der Waals surface area contributed by atoms with Crippen LogP contribution in [0.2, 0.25) is 5.15 Å². The Morgan fingerprint density at radius 2 is 2.38 bits per heavy atom. The quantitative estimate of drug-likeness (QED) is 0.522. The van der Waals surface area contributed by atoms with Crippen molar-refractivity contribution in [3.8, 4) is 11.8 Å². The summed E-state index contributed by atoms with van der Waals surface area (Å²) in [7, 11) is 0. The van der Waals surface area contributed by atoms with Gasteiger partial charge in [-0.05, 0) is 6.07 Å². The number of rotatable bonds is 1. The molecule has 4 heteroatoms. The van der Waals surface area contributed by atoms with Crippen LogP contribution in [0.1, 0.15) is 12.0 Å². The Bertz CT molecular complexity index is 334. The first-order chi connectivity index (χ1) is 6.25. The number of pyridine rings is 1. The van der Waals surface area contributed by atoms with Crippen molar-refractivity contribution in [3.63, 3.8) is 0 Å². The van der Waals surface area contributed by atoms with Gasteiger partial charge in [-0.3, -0.25) is 0 Å². The maximum absolute atomic E-state index is 8.50. The molecule has 0 bridgehead atoms. The van der Waals surface area contributed by atoms with Gasteiger partial charge in [-0.15, -0.1) is 0 Å². The molecule has 0 saturated carbocycles. The second kappa shape index (κ2) is 4.70. The maximum Gasteiger partial charge on any atom is 0.146 e. The Kier molecular flexibility index (Phi) is 3.56. The molecule has 1 rings (SSSR count). The molecule has 0 aliphatic rings. The number of halogens is 1. The zero-order valence-electron chi connectivity index (χ0n) is 6.92. The normalized spacial score (nSPS) is 9.08. The number of hydrogen-bond acceptors (Lipinski definition) is 3. The van der Waals surface area contributed by atoms with E-state index in [-0.39, 0.29) is 6.61 Å². The lowest BCUT2D eigenvalue weighted by Gasteiger charge is -1.97. The Morgan fingerprint density at radius 1 is 1.62 bits per heavy atom. The summed E-state index contributed by atoms with van der Waals surface area (Å²) >= 11 is 5.75. The number of aliphatic hydroxyl groups is 1. The second-order valence-corrected chi connectivity index (χ2v) is 2.70. The summed E-state index contributed by atoms with van der Waals surface area (Å²) in [6.45, 7) is 0.0325. The molecule has 13 heavy (non-hydrogen) atoms. The third-order valence-corrected chi connectivity index (χ3v) is 1.67. The highest BCUT2D eigenvalue weighted by atomic mass is 35.5. The predicted molar refractivity (Wildman–Crippen MR) is 52.2 cm³/mol. The van der Waals surface area contributed by atoms with Crippen LogP contribution in [0.15, 0.2) is 12.3 Å². The summed E-state index contributed by atoms with van der Waals surface area (Å²) in [5.74, 6) is 5.48. The number of anilines is 1. The van der Waals surface area contributed by atoms with Gasteiger partial charge in [-0.2, -0.15) is 0 Å². The Labute approximate surface area is 81.5 Å². The van der Waals surface area contributed by atoms with Gasteiger partial charge in [0.15, 0.2) is 0 Å². The Hall–Kier alpha value is -1.24. The average molecular weight is 197 g/mol. The van der Waals surface area contributed by atoms with E-state index in [1.807, 2.05) is 0 Å². The van der Waals surface area contributed by atoms with Crippen LogP contribution in [0.4, 0.5) is 5.69 Å². The minimum absolute atomic E-state index is 0.0325. The van der Waals surface area contributed by atoms with Gasteiger partial charge in [-0.1, -0.05) is 23.4 Å². The minimum atomic E-state index is 0.0325. The number of hydrogen-bond donors (Lipinski definition) is 2. The third-order valence-electron chi connectivity index (χ3n) is 1.39. The van der Waals surface area contributed by atoms with Gasteiger partial charge in [0, 0.05) is 12.6 Å². The van der Waals surface area contributed by atoms with E-state index in [0.29, 0.717) is 22.8 Å². The number of nitrogens with zero attached hydrogens (tertiary/aromatic N) is 1. The van der Waals surface area contributed by atoms with Crippen molar-refractivity contribution >= 4 is 17.3 Å². The highest BCUT2D eigenvalue weighted by Crippen LogP contribution is 2.17. The molecule has 0 unspecified atom stereocenters. The van der Waals surface area contributed by atoms with E-state index in [4.69, 9.17) is 22.4 Å². The van der Waals surface area contributed by atoms with Gasteiger partial charge in [0.25, 0.3) is 0 Å². The van der Waals surface area contributed by atoms with Crippen molar-refractivity contribution < 1.29 is 5.11 Å². The summed E-state index contributed by atoms with van der Waals surface area (Å²) in [5.41, 5.74) is 6.64. The molecule has 0 aliphatic heterocycles. The maximum atomic E-state index is 8.50. The summed E-state index contributed by atoms with van der Waals surface area (Å²) < 4.78 is 0. The van der Waals surface area contributed by atoms with Crippen LogP contribution in [0.5, 0.6) is 0 Å². The molecule has 1 aromatic rings. The smallest absolute Gasteiger partial charge is 0.146 e. The second-order valence-electron chi connectivity index (χ2n) is 2.34. The van der Waals surface area contributed by atoms with Crippen LogP contribution in [0.25, 0.3) is 0 Å². The molecule has 0 aliphatic carbocycles. The van der Waals surface area contributed by atoms with Crippen LogP contribution in [-0.2, 0) is 0 Å². The average Bonchev–Trinajstić information content (AvgIpc) is 2.10.